The lowest BCUT2D eigenvalue weighted by atomic mass is 10.1. The minimum absolute atomic E-state index is 0.122. The zero-order valence-corrected chi connectivity index (χ0v) is 32.6. The minimum Gasteiger partial charge on any atom is -0.462 e. The third kappa shape index (κ3) is 37.7. The molecule has 0 aliphatic rings. The highest BCUT2D eigenvalue weighted by Crippen LogP contribution is 2.11. The van der Waals surface area contributed by atoms with Crippen molar-refractivity contribution in [1.29, 1.82) is 0 Å². The Morgan fingerprint density at radius 2 is 0.843 bits per heavy atom. The molecule has 1 unspecified atom stereocenters. The molecule has 0 saturated carbocycles. The quantitative estimate of drug-likeness (QED) is 0.0286. The molecule has 0 spiro atoms. The molecule has 0 aromatic rings. The van der Waals surface area contributed by atoms with Crippen LogP contribution in [0.15, 0.2) is 85.1 Å². The predicted molar refractivity (Wildman–Crippen MR) is 214 cm³/mol. The molecule has 0 bridgehead atoms. The molecule has 0 fully saturated rings. The van der Waals surface area contributed by atoms with E-state index in [0.29, 0.717) is 6.42 Å². The first kappa shape index (κ1) is 47.6. The van der Waals surface area contributed by atoms with Gasteiger partial charge in [0.05, 0.1) is 6.42 Å². The lowest BCUT2D eigenvalue weighted by molar-refractivity contribution is -0.166. The average Bonchev–Trinajstić information content (AvgIpc) is 3.12. The molecule has 0 aliphatic carbocycles. The van der Waals surface area contributed by atoms with Gasteiger partial charge in [0, 0.05) is 12.8 Å². The molecule has 0 aliphatic heterocycles. The number of ether oxygens (including phenoxy) is 3. The molecular formula is C45H72O6. The Bertz CT molecular complexity index is 1040. The summed E-state index contributed by atoms with van der Waals surface area (Å²) in [5.41, 5.74) is 0. The van der Waals surface area contributed by atoms with Crippen molar-refractivity contribution >= 4 is 17.9 Å². The van der Waals surface area contributed by atoms with Crippen LogP contribution in [-0.4, -0.2) is 37.2 Å². The van der Waals surface area contributed by atoms with Crippen LogP contribution in [0, 0.1) is 0 Å². The molecule has 0 aromatic carbocycles. The summed E-state index contributed by atoms with van der Waals surface area (Å²) in [6.07, 6.45) is 48.9. The van der Waals surface area contributed by atoms with Crippen LogP contribution in [0.3, 0.4) is 0 Å². The Hall–Kier alpha value is -3.41. The Balaban J connectivity index is 4.51. The maximum absolute atomic E-state index is 12.6. The van der Waals surface area contributed by atoms with Crippen LogP contribution in [0.4, 0.5) is 0 Å². The third-order valence-electron chi connectivity index (χ3n) is 7.90. The van der Waals surface area contributed by atoms with Crippen LogP contribution in [0.2, 0.25) is 0 Å². The highest BCUT2D eigenvalue weighted by molar-refractivity contribution is 5.72. The minimum atomic E-state index is -0.823. The van der Waals surface area contributed by atoms with E-state index in [4.69, 9.17) is 14.2 Å². The van der Waals surface area contributed by atoms with Crippen molar-refractivity contribution in [3.63, 3.8) is 0 Å². The van der Waals surface area contributed by atoms with Gasteiger partial charge in [-0.05, 0) is 83.5 Å². The van der Waals surface area contributed by atoms with E-state index >= 15 is 0 Å². The van der Waals surface area contributed by atoms with Crippen LogP contribution in [0.5, 0.6) is 0 Å². The van der Waals surface area contributed by atoms with Gasteiger partial charge in [-0.15, -0.1) is 0 Å². The first-order chi connectivity index (χ1) is 25.0. The fourth-order valence-corrected chi connectivity index (χ4v) is 4.91. The maximum atomic E-state index is 12.6. The first-order valence-electron chi connectivity index (χ1n) is 20.1. The van der Waals surface area contributed by atoms with Crippen molar-refractivity contribution in [2.75, 3.05) is 13.2 Å². The van der Waals surface area contributed by atoms with Gasteiger partial charge in [0.2, 0.25) is 0 Å². The van der Waals surface area contributed by atoms with E-state index in [9.17, 15) is 14.4 Å². The SMILES string of the molecule is CC/C=C\C/C=C\C/C=C\CCCCCCC(=O)OCC(COC(=O)C/C=C\C/C=C\C/C=C\CC)OC(=O)CCCCCC/C=C\CCCC. The highest BCUT2D eigenvalue weighted by Gasteiger charge is 2.19. The smallest absolute Gasteiger partial charge is 0.309 e. The Morgan fingerprint density at radius 3 is 1.37 bits per heavy atom. The molecule has 0 amide bonds. The van der Waals surface area contributed by atoms with Gasteiger partial charge in [-0.1, -0.05) is 144 Å². The van der Waals surface area contributed by atoms with Gasteiger partial charge < -0.3 is 14.2 Å². The molecule has 51 heavy (non-hydrogen) atoms. The van der Waals surface area contributed by atoms with Crippen molar-refractivity contribution in [1.82, 2.24) is 0 Å². The van der Waals surface area contributed by atoms with Crippen LogP contribution in [0.1, 0.15) is 162 Å². The van der Waals surface area contributed by atoms with E-state index in [1.54, 1.807) is 6.08 Å². The molecule has 0 heterocycles. The Morgan fingerprint density at radius 1 is 0.431 bits per heavy atom. The first-order valence-corrected chi connectivity index (χ1v) is 20.1. The van der Waals surface area contributed by atoms with Gasteiger partial charge in [0.25, 0.3) is 0 Å². The molecule has 288 valence electrons. The normalized spacial score (nSPS) is 12.9. The van der Waals surface area contributed by atoms with Gasteiger partial charge in [0.1, 0.15) is 13.2 Å². The fourth-order valence-electron chi connectivity index (χ4n) is 4.91. The van der Waals surface area contributed by atoms with Crippen molar-refractivity contribution in [3.8, 4) is 0 Å². The van der Waals surface area contributed by atoms with E-state index in [1.165, 1.54) is 12.8 Å². The van der Waals surface area contributed by atoms with E-state index in [2.05, 4.69) is 93.7 Å². The molecule has 0 radical (unpaired) electrons. The topological polar surface area (TPSA) is 78.9 Å². The van der Waals surface area contributed by atoms with E-state index < -0.39 is 12.1 Å². The molecule has 1 atom stereocenters. The summed E-state index contributed by atoms with van der Waals surface area (Å²) in [6.45, 7) is 6.19. The largest absolute Gasteiger partial charge is 0.462 e. The highest BCUT2D eigenvalue weighted by atomic mass is 16.6. The summed E-state index contributed by atoms with van der Waals surface area (Å²) in [5.74, 6) is -1.10. The number of unbranched alkanes of at least 4 members (excludes halogenated alkanes) is 10. The summed E-state index contributed by atoms with van der Waals surface area (Å²) in [7, 11) is 0. The second kappa shape index (κ2) is 39.4. The Labute approximate surface area is 312 Å². The zero-order valence-electron chi connectivity index (χ0n) is 32.6. The van der Waals surface area contributed by atoms with Gasteiger partial charge in [0.15, 0.2) is 6.10 Å². The lowest BCUT2D eigenvalue weighted by Gasteiger charge is -2.18. The zero-order chi connectivity index (χ0) is 37.3. The van der Waals surface area contributed by atoms with E-state index in [1.807, 2.05) is 6.08 Å². The number of carbonyl (C=O) groups is 3. The number of esters is 3. The van der Waals surface area contributed by atoms with Gasteiger partial charge in [-0.3, -0.25) is 14.4 Å². The molecule has 0 rings (SSSR count). The summed E-state index contributed by atoms with van der Waals surface area (Å²) < 4.78 is 16.5. The number of rotatable bonds is 34. The van der Waals surface area contributed by atoms with Crippen molar-refractivity contribution in [2.45, 2.75) is 168 Å². The molecular weight excluding hydrogens is 636 g/mol. The van der Waals surface area contributed by atoms with Crippen LogP contribution >= 0.6 is 0 Å². The van der Waals surface area contributed by atoms with Crippen molar-refractivity contribution in [3.05, 3.63) is 85.1 Å². The van der Waals surface area contributed by atoms with Crippen molar-refractivity contribution in [2.24, 2.45) is 0 Å². The fraction of sp³-hybridized carbons (Fsp3) is 0.622. The third-order valence-corrected chi connectivity index (χ3v) is 7.90. The summed E-state index contributed by atoms with van der Waals surface area (Å²) in [4.78, 5) is 37.4. The predicted octanol–water partition coefficient (Wildman–Crippen LogP) is 12.5. The number of hydrogen-bond acceptors (Lipinski definition) is 6. The van der Waals surface area contributed by atoms with Crippen LogP contribution in [0.25, 0.3) is 0 Å². The monoisotopic (exact) mass is 709 g/mol. The second-order valence-electron chi connectivity index (χ2n) is 12.8. The van der Waals surface area contributed by atoms with Gasteiger partial charge in [-0.25, -0.2) is 0 Å². The molecule has 0 aromatic heterocycles. The molecule has 0 N–H and O–H groups in total. The Kier molecular flexibility index (Phi) is 36.7. The summed E-state index contributed by atoms with van der Waals surface area (Å²) in [6, 6.07) is 0. The molecule has 6 heteroatoms. The average molecular weight is 709 g/mol. The lowest BCUT2D eigenvalue weighted by Crippen LogP contribution is -2.30. The van der Waals surface area contributed by atoms with E-state index in [0.717, 1.165) is 109 Å². The molecule has 0 saturated heterocycles. The summed E-state index contributed by atoms with van der Waals surface area (Å²) in [5, 5.41) is 0. The standard InChI is InChI=1S/C45H72O6/c1-4-7-10-13-16-19-21-22-23-24-27-29-32-35-38-44(47)50-41-42(40-49-43(46)37-34-31-28-25-18-15-12-9-6-3)51-45(48)39-36-33-30-26-20-17-14-11-8-5-2/h7,9-10,12,14,16-19,22-23,25,31,34,42H,4-6,8,11,13,15,20-21,24,26-30,32-33,35-41H2,1-3H3/b10-7-,12-9-,17-14-,19-16-,23-22-,25-18-,34-31-. The molecule has 6 nitrogen and oxygen atoms in total. The van der Waals surface area contributed by atoms with Crippen molar-refractivity contribution < 1.29 is 28.6 Å². The van der Waals surface area contributed by atoms with Crippen LogP contribution in [-0.2, 0) is 28.6 Å². The second-order valence-corrected chi connectivity index (χ2v) is 12.8. The van der Waals surface area contributed by atoms with Crippen LogP contribution < -0.4 is 0 Å². The summed E-state index contributed by atoms with van der Waals surface area (Å²) >= 11 is 0. The maximum Gasteiger partial charge on any atom is 0.309 e. The number of hydrogen-bond donors (Lipinski definition) is 0. The van der Waals surface area contributed by atoms with E-state index in [-0.39, 0.29) is 38.0 Å². The van der Waals surface area contributed by atoms with Gasteiger partial charge >= 0.3 is 17.9 Å². The number of carbonyl (C=O) groups excluding carboxylic acids is 3. The van der Waals surface area contributed by atoms with Gasteiger partial charge in [-0.2, -0.15) is 0 Å². The number of allylic oxidation sites excluding steroid dienone is 13.